The first kappa shape index (κ1) is 35.4. The zero-order valence-corrected chi connectivity index (χ0v) is 29.9. The summed E-state index contributed by atoms with van der Waals surface area (Å²) in [6.45, 7) is 0.581. The first-order valence-corrected chi connectivity index (χ1v) is 17.5. The molecule has 0 aliphatic carbocycles. The maximum absolute atomic E-state index is 12.8. The van der Waals surface area contributed by atoms with Crippen LogP contribution in [0.4, 0.5) is 4.79 Å². The monoisotopic (exact) mass is 753 g/mol. The number of benzene rings is 2. The van der Waals surface area contributed by atoms with Crippen molar-refractivity contribution in [3.8, 4) is 39.5 Å². The number of nitrogens with one attached hydrogen (secondary N) is 3. The van der Waals surface area contributed by atoms with Gasteiger partial charge < -0.3 is 30.4 Å². The molecule has 14 nitrogen and oxygen atoms in total. The van der Waals surface area contributed by atoms with Crippen molar-refractivity contribution in [2.45, 2.75) is 31.8 Å². The highest BCUT2D eigenvalue weighted by Gasteiger charge is 2.26. The Morgan fingerprint density at radius 2 is 1.72 bits per heavy atom. The minimum Gasteiger partial charge on any atom is -0.481 e. The van der Waals surface area contributed by atoms with Gasteiger partial charge in [0.15, 0.2) is 5.65 Å². The molecule has 0 unspecified atom stereocenters. The van der Waals surface area contributed by atoms with Gasteiger partial charge in [0, 0.05) is 66.0 Å². The highest BCUT2D eigenvalue weighted by atomic mass is 35.5. The van der Waals surface area contributed by atoms with Gasteiger partial charge in [0.2, 0.25) is 11.8 Å². The number of imidazole rings is 2. The Morgan fingerprint density at radius 1 is 1.00 bits per heavy atom. The van der Waals surface area contributed by atoms with Crippen LogP contribution >= 0.6 is 23.2 Å². The predicted octanol–water partition coefficient (Wildman–Crippen LogP) is 5.89. The van der Waals surface area contributed by atoms with E-state index in [-0.39, 0.29) is 42.5 Å². The second-order valence-corrected chi connectivity index (χ2v) is 13.1. The fourth-order valence-corrected chi connectivity index (χ4v) is 6.89. The molecule has 0 saturated carbocycles. The zero-order chi connectivity index (χ0) is 37.1. The summed E-state index contributed by atoms with van der Waals surface area (Å²) < 4.78 is 7.13. The Balaban J connectivity index is 1.12. The minimum absolute atomic E-state index is 0.0222. The Bertz CT molecular complexity index is 2330. The lowest BCUT2D eigenvalue weighted by Crippen LogP contribution is -2.41. The van der Waals surface area contributed by atoms with Crippen LogP contribution in [0.5, 0.6) is 5.88 Å². The van der Waals surface area contributed by atoms with Gasteiger partial charge in [-0.15, -0.1) is 0 Å². The number of H-pyrrole nitrogens is 1. The van der Waals surface area contributed by atoms with Gasteiger partial charge in [-0.05, 0) is 30.7 Å². The molecule has 1 aliphatic rings. The van der Waals surface area contributed by atoms with Gasteiger partial charge in [-0.25, -0.2) is 24.3 Å². The molecule has 3 amide bonds. The van der Waals surface area contributed by atoms with Crippen LogP contribution in [0.2, 0.25) is 10.0 Å². The van der Waals surface area contributed by atoms with Crippen molar-refractivity contribution in [3.05, 3.63) is 106 Å². The first-order valence-electron chi connectivity index (χ1n) is 16.7. The number of hydrogen-bond donors (Lipinski definition) is 4. The number of pyridine rings is 1. The van der Waals surface area contributed by atoms with Crippen LogP contribution in [-0.2, 0) is 17.8 Å². The third-order valence-electron chi connectivity index (χ3n) is 8.90. The van der Waals surface area contributed by atoms with E-state index < -0.39 is 6.09 Å². The summed E-state index contributed by atoms with van der Waals surface area (Å²) in [6.07, 6.45) is 5.37. The molecule has 0 spiro atoms. The van der Waals surface area contributed by atoms with Crippen LogP contribution in [-0.4, -0.2) is 83.7 Å². The fraction of sp³-hybridized carbons (Fsp3) is 0.216. The van der Waals surface area contributed by atoms with Crippen LogP contribution in [0, 0.1) is 0 Å². The van der Waals surface area contributed by atoms with E-state index in [4.69, 9.17) is 38.0 Å². The molecule has 53 heavy (non-hydrogen) atoms. The number of halogens is 2. The number of aromatic amines is 1. The summed E-state index contributed by atoms with van der Waals surface area (Å²) in [6, 6.07) is 17.9. The van der Waals surface area contributed by atoms with Gasteiger partial charge in [-0.1, -0.05) is 59.6 Å². The van der Waals surface area contributed by atoms with Crippen molar-refractivity contribution in [3.63, 3.8) is 0 Å². The Kier molecular flexibility index (Phi) is 10.2. The van der Waals surface area contributed by atoms with Crippen LogP contribution in [0.1, 0.15) is 34.6 Å². The number of rotatable bonds is 12. The van der Waals surface area contributed by atoms with Gasteiger partial charge in [0.25, 0.3) is 5.91 Å². The Labute approximate surface area is 313 Å². The molecule has 4 N–H and O–H groups in total. The first-order chi connectivity index (χ1) is 25.7. The van der Waals surface area contributed by atoms with E-state index in [0.29, 0.717) is 80.7 Å². The number of hydrogen-bond acceptors (Lipinski definition) is 8. The molecule has 1 fully saturated rings. The number of nitrogens with zero attached hydrogens (tertiary/aromatic N) is 6. The minimum atomic E-state index is -1.11. The Morgan fingerprint density at radius 3 is 2.38 bits per heavy atom. The van der Waals surface area contributed by atoms with Gasteiger partial charge in [0.05, 0.1) is 53.3 Å². The maximum atomic E-state index is 12.8. The molecule has 2 aromatic carbocycles. The van der Waals surface area contributed by atoms with Gasteiger partial charge in [-0.2, -0.15) is 5.10 Å². The normalized spacial score (nSPS) is 13.9. The molecular weight excluding hydrogens is 721 g/mol. The molecule has 6 aromatic rings. The van der Waals surface area contributed by atoms with E-state index in [9.17, 15) is 19.5 Å². The highest BCUT2D eigenvalue weighted by Crippen LogP contribution is 2.42. The number of carboxylic acid groups (broad SMARTS) is 1. The number of fused-ring (bicyclic) bond motifs is 1. The van der Waals surface area contributed by atoms with E-state index in [1.807, 2.05) is 36.4 Å². The zero-order valence-electron chi connectivity index (χ0n) is 28.3. The van der Waals surface area contributed by atoms with Crippen molar-refractivity contribution in [2.24, 2.45) is 0 Å². The molecule has 16 heteroatoms. The van der Waals surface area contributed by atoms with Crippen LogP contribution in [0.15, 0.2) is 79.4 Å². The number of ether oxygens (including phenoxy) is 1. The molecule has 4 aromatic heterocycles. The van der Waals surface area contributed by atoms with Gasteiger partial charge in [-0.3, -0.25) is 9.59 Å². The van der Waals surface area contributed by atoms with E-state index in [1.54, 1.807) is 47.5 Å². The molecule has 1 atom stereocenters. The summed E-state index contributed by atoms with van der Waals surface area (Å²) >= 11 is 14.1. The molecule has 7 rings (SSSR count). The van der Waals surface area contributed by atoms with Crippen molar-refractivity contribution in [1.29, 1.82) is 0 Å². The molecule has 5 heterocycles. The van der Waals surface area contributed by atoms with E-state index in [0.717, 1.165) is 5.69 Å². The molecule has 1 aliphatic heterocycles. The van der Waals surface area contributed by atoms with Gasteiger partial charge >= 0.3 is 6.09 Å². The average molecular weight is 755 g/mol. The number of methoxy groups -OCH3 is 1. The number of carbonyl (C=O) groups excluding carboxylic acids is 2. The van der Waals surface area contributed by atoms with Crippen LogP contribution in [0.3, 0.4) is 0 Å². The summed E-state index contributed by atoms with van der Waals surface area (Å²) in [5, 5.41) is 21.1. The fourth-order valence-electron chi connectivity index (χ4n) is 6.25. The maximum Gasteiger partial charge on any atom is 0.407 e. The standard InChI is InChI=1S/C37H33Cl2N9O5/c1-53-36-21(17-47(37(51)52)18-23-9-13-32(49)43-23)8-10-28(45-36)26-6-2-4-24(33(26)38)25-5-3-7-27(34(25)39)29-11-12-31-44-30(19-48(31)46-29)35(50)41-15-14-22-16-40-20-42-22/h2-8,10-12,16,19-20,23H,9,13-15,17-18H2,1H3,(H,40,42)(H,41,50)(H,43,49)(H,51,52)/t23-/m0/s1. The summed E-state index contributed by atoms with van der Waals surface area (Å²) in [5.41, 5.74) is 5.82. The van der Waals surface area contributed by atoms with Crippen LogP contribution < -0.4 is 15.4 Å². The lowest BCUT2D eigenvalue weighted by Gasteiger charge is -2.23. The second-order valence-electron chi connectivity index (χ2n) is 12.4. The number of amides is 3. The molecule has 270 valence electrons. The van der Waals surface area contributed by atoms with E-state index in [2.05, 4.69) is 25.6 Å². The summed E-state index contributed by atoms with van der Waals surface area (Å²) in [4.78, 5) is 53.9. The Hall–Kier alpha value is -5.99. The summed E-state index contributed by atoms with van der Waals surface area (Å²) in [7, 11) is 1.47. The second kappa shape index (κ2) is 15.3. The molecular formula is C37H33Cl2N9O5. The van der Waals surface area contributed by atoms with E-state index in [1.165, 1.54) is 12.0 Å². The smallest absolute Gasteiger partial charge is 0.407 e. The SMILES string of the molecule is COc1nc(-c2cccc(-c3cccc(-c4ccc5nc(C(=O)NCCc6c[nH]cn6)cn5n4)c3Cl)c2Cl)ccc1CN(C[C@@H]1CCC(=O)N1)C(=O)O. The number of aromatic nitrogens is 6. The molecule has 0 radical (unpaired) electrons. The predicted molar refractivity (Wildman–Crippen MR) is 198 cm³/mol. The van der Waals surface area contributed by atoms with E-state index >= 15 is 0 Å². The lowest BCUT2D eigenvalue weighted by atomic mass is 9.98. The lowest BCUT2D eigenvalue weighted by molar-refractivity contribution is -0.119. The van der Waals surface area contributed by atoms with Crippen molar-refractivity contribution >= 4 is 46.8 Å². The van der Waals surface area contributed by atoms with Crippen molar-refractivity contribution in [2.75, 3.05) is 20.2 Å². The largest absolute Gasteiger partial charge is 0.481 e. The topological polar surface area (TPSA) is 180 Å². The van der Waals surface area contributed by atoms with Crippen molar-refractivity contribution < 1.29 is 24.2 Å². The third-order valence-corrected chi connectivity index (χ3v) is 9.72. The number of carbonyl (C=O) groups is 3. The quantitative estimate of drug-likeness (QED) is 0.118. The van der Waals surface area contributed by atoms with Crippen molar-refractivity contribution in [1.82, 2.24) is 45.1 Å². The van der Waals surface area contributed by atoms with Crippen LogP contribution in [0.25, 0.3) is 39.3 Å². The molecule has 1 saturated heterocycles. The highest BCUT2D eigenvalue weighted by molar-refractivity contribution is 6.39. The van der Waals surface area contributed by atoms with Gasteiger partial charge in [0.1, 0.15) is 5.69 Å². The third kappa shape index (κ3) is 7.64. The average Bonchev–Trinajstić information content (AvgIpc) is 3.93. The summed E-state index contributed by atoms with van der Waals surface area (Å²) in [5.74, 6) is -0.151. The molecule has 0 bridgehead atoms.